The van der Waals surface area contributed by atoms with E-state index < -0.39 is 0 Å². The number of hydrogen-bond donors (Lipinski definition) is 2. The number of fused-ring (bicyclic) bond motifs is 2. The van der Waals surface area contributed by atoms with Gasteiger partial charge < -0.3 is 15.4 Å². The van der Waals surface area contributed by atoms with Crippen molar-refractivity contribution in [1.29, 1.82) is 0 Å². The summed E-state index contributed by atoms with van der Waals surface area (Å²) in [5.74, 6) is 1.98. The highest BCUT2D eigenvalue weighted by atomic mass is 32.2. The van der Waals surface area contributed by atoms with Crippen LogP contribution in [-0.4, -0.2) is 40.6 Å². The van der Waals surface area contributed by atoms with Crippen LogP contribution in [0.15, 0.2) is 35.2 Å². The number of aromatic nitrogens is 2. The van der Waals surface area contributed by atoms with Gasteiger partial charge in [0.05, 0.1) is 28.2 Å². The van der Waals surface area contributed by atoms with Crippen LogP contribution in [0.4, 0.5) is 5.82 Å². The van der Waals surface area contributed by atoms with Crippen LogP contribution in [0.2, 0.25) is 0 Å². The van der Waals surface area contributed by atoms with Crippen LogP contribution in [0, 0.1) is 5.92 Å². The fourth-order valence-corrected chi connectivity index (χ4v) is 6.04. The molecule has 0 bridgehead atoms. The van der Waals surface area contributed by atoms with Crippen molar-refractivity contribution in [2.75, 3.05) is 18.2 Å². The molecule has 3 heterocycles. The fourth-order valence-electron chi connectivity index (χ4n) is 4.28. The van der Waals surface area contributed by atoms with E-state index >= 15 is 0 Å². The molecule has 0 saturated heterocycles. The number of carbonyl (C=O) groups excluding carboxylic acids is 2. The predicted molar refractivity (Wildman–Crippen MR) is 127 cm³/mol. The first-order valence-electron chi connectivity index (χ1n) is 10.7. The van der Waals surface area contributed by atoms with E-state index in [1.54, 1.807) is 7.11 Å². The largest absolute Gasteiger partial charge is 0.494 e. The third-order valence-electron chi connectivity index (χ3n) is 6.01. The smallest absolute Gasteiger partial charge is 0.235 e. The molecular formula is C23H24N4O3S2. The molecule has 7 nitrogen and oxygen atoms in total. The second-order valence-electron chi connectivity index (χ2n) is 8.11. The van der Waals surface area contributed by atoms with Gasteiger partial charge in [0.2, 0.25) is 5.91 Å². The van der Waals surface area contributed by atoms with E-state index in [9.17, 15) is 9.59 Å². The first-order valence-corrected chi connectivity index (χ1v) is 12.5. The zero-order valence-electron chi connectivity index (χ0n) is 17.7. The van der Waals surface area contributed by atoms with Crippen LogP contribution in [0.5, 0.6) is 5.75 Å². The first kappa shape index (κ1) is 21.4. The molecule has 1 aromatic carbocycles. The Bertz CT molecular complexity index is 1170. The van der Waals surface area contributed by atoms with E-state index in [-0.39, 0.29) is 17.6 Å². The van der Waals surface area contributed by atoms with Gasteiger partial charge in [-0.05, 0) is 49.9 Å². The molecule has 32 heavy (non-hydrogen) atoms. The van der Waals surface area contributed by atoms with Gasteiger partial charge in [0.1, 0.15) is 17.1 Å². The number of rotatable bonds is 6. The Morgan fingerprint density at radius 3 is 2.84 bits per heavy atom. The number of thioether (sulfide) groups is 1. The zero-order valence-corrected chi connectivity index (χ0v) is 19.4. The van der Waals surface area contributed by atoms with Gasteiger partial charge in [0.25, 0.3) is 0 Å². The summed E-state index contributed by atoms with van der Waals surface area (Å²) >= 11 is 2.97. The van der Waals surface area contributed by atoms with Gasteiger partial charge in [-0.25, -0.2) is 9.97 Å². The molecule has 1 amide bonds. The Morgan fingerprint density at radius 1 is 1.19 bits per heavy atom. The molecular weight excluding hydrogens is 444 g/mol. The molecule has 1 saturated carbocycles. The molecule has 0 radical (unpaired) electrons. The maximum absolute atomic E-state index is 13.1. The number of hydrogen-bond acceptors (Lipinski definition) is 8. The highest BCUT2D eigenvalue weighted by molar-refractivity contribution is 8.00. The molecule has 166 valence electrons. The summed E-state index contributed by atoms with van der Waals surface area (Å²) < 4.78 is 6.36. The third-order valence-corrected chi connectivity index (χ3v) is 8.10. The van der Waals surface area contributed by atoms with Crippen molar-refractivity contribution in [2.45, 2.75) is 43.2 Å². The number of pyridine rings is 1. The van der Waals surface area contributed by atoms with Crippen molar-refractivity contribution < 1.29 is 14.3 Å². The van der Waals surface area contributed by atoms with Crippen LogP contribution in [0.3, 0.4) is 0 Å². The van der Waals surface area contributed by atoms with E-state index in [1.165, 1.54) is 23.1 Å². The van der Waals surface area contributed by atoms with E-state index in [2.05, 4.69) is 20.6 Å². The number of benzene rings is 1. The number of thiazole rings is 1. The number of methoxy groups -OCH3 is 1. The molecule has 1 aliphatic heterocycles. The predicted octanol–water partition coefficient (Wildman–Crippen LogP) is 4.28. The quantitative estimate of drug-likeness (QED) is 0.522. The van der Waals surface area contributed by atoms with Gasteiger partial charge >= 0.3 is 0 Å². The van der Waals surface area contributed by atoms with E-state index in [4.69, 9.17) is 4.74 Å². The lowest BCUT2D eigenvalue weighted by Gasteiger charge is -2.28. The summed E-state index contributed by atoms with van der Waals surface area (Å²) in [6, 6.07) is 10.2. The average Bonchev–Trinajstić information content (AvgIpc) is 3.27. The van der Waals surface area contributed by atoms with Crippen molar-refractivity contribution in [1.82, 2.24) is 15.3 Å². The maximum Gasteiger partial charge on any atom is 0.235 e. The number of ketones is 1. The van der Waals surface area contributed by atoms with Gasteiger partial charge in [-0.2, -0.15) is 0 Å². The minimum Gasteiger partial charge on any atom is -0.494 e. The molecule has 0 spiro atoms. The molecule has 3 aromatic rings. The first-order chi connectivity index (χ1) is 15.6. The van der Waals surface area contributed by atoms with Crippen LogP contribution in [-0.2, 0) is 11.3 Å². The van der Waals surface area contributed by atoms with Gasteiger partial charge in [-0.3, -0.25) is 9.59 Å². The Balaban J connectivity index is 1.16. The minimum atomic E-state index is -0.00494. The lowest BCUT2D eigenvalue weighted by atomic mass is 9.83. The topological polar surface area (TPSA) is 93.2 Å². The van der Waals surface area contributed by atoms with Crippen LogP contribution < -0.4 is 15.4 Å². The number of anilines is 1. The molecule has 2 aromatic heterocycles. The minimum absolute atomic E-state index is 0.00494. The van der Waals surface area contributed by atoms with E-state index in [0.717, 1.165) is 46.5 Å². The second kappa shape index (κ2) is 9.17. The summed E-state index contributed by atoms with van der Waals surface area (Å²) in [5.41, 5.74) is 1.68. The Labute approximate surface area is 194 Å². The SMILES string of the molecule is COc1cccc2sc(C(=O)C3CCC(NCc4ccc5c(n4)NC(=O)CS5)CC3)nc12. The number of nitrogens with zero attached hydrogens (tertiary/aromatic N) is 2. The van der Waals surface area contributed by atoms with Crippen molar-refractivity contribution in [3.8, 4) is 5.75 Å². The zero-order chi connectivity index (χ0) is 22.1. The van der Waals surface area contributed by atoms with E-state index in [1.807, 2.05) is 30.3 Å². The molecule has 9 heteroatoms. The van der Waals surface area contributed by atoms with E-state index in [0.29, 0.717) is 34.9 Å². The summed E-state index contributed by atoms with van der Waals surface area (Å²) in [5, 5.41) is 6.99. The number of para-hydroxylation sites is 1. The van der Waals surface area contributed by atoms with Crippen molar-refractivity contribution >= 4 is 50.8 Å². The number of Topliss-reactive ketones (excluding diaryl/α,β-unsaturated/α-hetero) is 1. The number of carbonyl (C=O) groups is 2. The Kier molecular flexibility index (Phi) is 6.12. The summed E-state index contributed by atoms with van der Waals surface area (Å²) in [6.07, 6.45) is 3.60. The highest BCUT2D eigenvalue weighted by Crippen LogP contribution is 2.34. The molecule has 5 rings (SSSR count). The van der Waals surface area contributed by atoms with Gasteiger partial charge in [0.15, 0.2) is 10.8 Å². The number of ether oxygens (including phenoxy) is 1. The monoisotopic (exact) mass is 468 g/mol. The average molecular weight is 469 g/mol. The van der Waals surface area contributed by atoms with Crippen molar-refractivity contribution in [3.05, 3.63) is 41.0 Å². The number of nitrogens with one attached hydrogen (secondary N) is 2. The van der Waals surface area contributed by atoms with Crippen molar-refractivity contribution in [3.63, 3.8) is 0 Å². The standard InChI is InChI=1S/C23H24N4O3S2/c1-30-16-3-2-4-17-20(16)27-23(32-17)21(29)13-5-7-14(8-6-13)24-11-15-9-10-18-22(25-15)26-19(28)12-31-18/h2-4,9-10,13-14,24H,5-8,11-12H2,1H3,(H,25,26,28). The second-order valence-corrected chi connectivity index (χ2v) is 10.2. The Hall–Kier alpha value is -2.49. The highest BCUT2D eigenvalue weighted by Gasteiger charge is 2.29. The molecule has 0 atom stereocenters. The summed E-state index contributed by atoms with van der Waals surface area (Å²) in [7, 11) is 1.62. The molecule has 0 unspecified atom stereocenters. The lowest BCUT2D eigenvalue weighted by molar-refractivity contribution is -0.113. The molecule has 1 aliphatic carbocycles. The lowest BCUT2D eigenvalue weighted by Crippen LogP contribution is -2.34. The van der Waals surface area contributed by atoms with Gasteiger partial charge in [-0.15, -0.1) is 23.1 Å². The van der Waals surface area contributed by atoms with Crippen LogP contribution in [0.25, 0.3) is 10.2 Å². The summed E-state index contributed by atoms with van der Waals surface area (Å²) in [4.78, 5) is 34.8. The normalized spacial score (nSPS) is 20.6. The van der Waals surface area contributed by atoms with Crippen LogP contribution >= 0.6 is 23.1 Å². The molecule has 2 aliphatic rings. The van der Waals surface area contributed by atoms with Crippen molar-refractivity contribution in [2.24, 2.45) is 5.92 Å². The van der Waals surface area contributed by atoms with Crippen LogP contribution in [0.1, 0.15) is 41.2 Å². The number of amides is 1. The molecule has 1 fully saturated rings. The van der Waals surface area contributed by atoms with Gasteiger partial charge in [-0.1, -0.05) is 6.07 Å². The fraction of sp³-hybridized carbons (Fsp3) is 0.391. The molecule has 2 N–H and O–H groups in total. The van der Waals surface area contributed by atoms with Gasteiger partial charge in [0, 0.05) is 18.5 Å². The Morgan fingerprint density at radius 2 is 2.03 bits per heavy atom. The third kappa shape index (κ3) is 4.37. The maximum atomic E-state index is 13.1. The summed E-state index contributed by atoms with van der Waals surface area (Å²) in [6.45, 7) is 0.648.